The Bertz CT molecular complexity index is 378. The number of rotatable bonds is 6. The molecule has 0 bridgehead atoms. The van der Waals surface area contributed by atoms with Gasteiger partial charge in [-0.25, -0.2) is 9.67 Å². The minimum absolute atomic E-state index is 0.464. The lowest BCUT2D eigenvalue weighted by molar-refractivity contribution is 0.383. The lowest BCUT2D eigenvalue weighted by Crippen LogP contribution is -2.10. The van der Waals surface area contributed by atoms with E-state index in [-0.39, 0.29) is 0 Å². The van der Waals surface area contributed by atoms with E-state index < -0.39 is 0 Å². The van der Waals surface area contributed by atoms with Crippen molar-refractivity contribution in [2.24, 2.45) is 0 Å². The molecule has 0 aliphatic heterocycles. The molecule has 2 rings (SSSR count). The highest BCUT2D eigenvalue weighted by Crippen LogP contribution is 2.16. The third-order valence-corrected chi connectivity index (χ3v) is 2.80. The molecule has 0 saturated heterocycles. The maximum atomic E-state index is 4.05. The second-order valence-corrected chi connectivity index (χ2v) is 3.89. The van der Waals surface area contributed by atoms with Gasteiger partial charge in [-0.05, 0) is 19.3 Å². The smallest absolute Gasteiger partial charge is 0.0945 e. The molecule has 16 heavy (non-hydrogen) atoms. The zero-order valence-corrected chi connectivity index (χ0v) is 9.53. The summed E-state index contributed by atoms with van der Waals surface area (Å²) in [4.78, 5) is 4.03. The summed E-state index contributed by atoms with van der Waals surface area (Å²) in [7, 11) is 0. The van der Waals surface area contributed by atoms with Gasteiger partial charge in [-0.3, -0.25) is 0 Å². The second kappa shape index (κ2) is 5.44. The van der Waals surface area contributed by atoms with E-state index in [1.165, 1.54) is 0 Å². The van der Waals surface area contributed by atoms with Gasteiger partial charge in [-0.15, -0.1) is 5.10 Å². The van der Waals surface area contributed by atoms with Crippen LogP contribution in [0.25, 0.3) is 0 Å². The molecule has 5 heteroatoms. The molecule has 86 valence electrons. The van der Waals surface area contributed by atoms with Crippen LogP contribution >= 0.6 is 0 Å². The van der Waals surface area contributed by atoms with Crippen LogP contribution in [0.1, 0.15) is 32.2 Å². The molecule has 0 spiro atoms. The Morgan fingerprint density at radius 1 is 1.25 bits per heavy atom. The molecule has 1 atom stereocenters. The van der Waals surface area contributed by atoms with Gasteiger partial charge in [-0.2, -0.15) is 0 Å². The Kier molecular flexibility index (Phi) is 3.69. The first-order chi connectivity index (χ1) is 7.90. The van der Waals surface area contributed by atoms with Gasteiger partial charge in [0, 0.05) is 25.1 Å². The minimum atomic E-state index is 0.464. The van der Waals surface area contributed by atoms with Crippen molar-refractivity contribution in [1.29, 1.82) is 0 Å². The van der Waals surface area contributed by atoms with Crippen molar-refractivity contribution < 1.29 is 0 Å². The monoisotopic (exact) mass is 219 g/mol. The molecule has 1 unspecified atom stereocenters. The van der Waals surface area contributed by atoms with Crippen molar-refractivity contribution in [3.8, 4) is 0 Å². The summed E-state index contributed by atoms with van der Waals surface area (Å²) < 4.78 is 4.06. The number of imidazole rings is 1. The number of nitrogens with zero attached hydrogens (tertiary/aromatic N) is 5. The van der Waals surface area contributed by atoms with Crippen LogP contribution in [0, 0.1) is 0 Å². The molecule has 0 amide bonds. The quantitative estimate of drug-likeness (QED) is 0.745. The summed E-state index contributed by atoms with van der Waals surface area (Å²) >= 11 is 0. The van der Waals surface area contributed by atoms with E-state index in [0.717, 1.165) is 25.8 Å². The van der Waals surface area contributed by atoms with Crippen LogP contribution < -0.4 is 0 Å². The zero-order valence-electron chi connectivity index (χ0n) is 9.53. The number of hydrogen-bond donors (Lipinski definition) is 0. The summed E-state index contributed by atoms with van der Waals surface area (Å²) in [5.74, 6) is 0. The standard InChI is InChI=1S/C11H17N5/c1-2-11(16-9-6-13-14-16)4-3-7-15-8-5-12-10-15/h5-6,8-11H,2-4,7H2,1H3. The zero-order chi connectivity index (χ0) is 11.2. The van der Waals surface area contributed by atoms with Crippen LogP contribution in [0.3, 0.4) is 0 Å². The molecule has 0 radical (unpaired) electrons. The van der Waals surface area contributed by atoms with Crippen molar-refractivity contribution in [3.63, 3.8) is 0 Å². The summed E-state index contributed by atoms with van der Waals surface area (Å²) in [5, 5.41) is 7.90. The first-order valence-electron chi connectivity index (χ1n) is 5.71. The van der Waals surface area contributed by atoms with Crippen molar-refractivity contribution in [2.75, 3.05) is 0 Å². The molecule has 0 N–H and O–H groups in total. The van der Waals surface area contributed by atoms with E-state index in [1.54, 1.807) is 6.20 Å². The predicted octanol–water partition coefficient (Wildman–Crippen LogP) is 1.91. The van der Waals surface area contributed by atoms with Gasteiger partial charge in [-0.1, -0.05) is 12.1 Å². The van der Waals surface area contributed by atoms with Crippen LogP contribution in [0.2, 0.25) is 0 Å². The fraction of sp³-hybridized carbons (Fsp3) is 0.545. The van der Waals surface area contributed by atoms with Gasteiger partial charge in [0.05, 0.1) is 18.6 Å². The molecule has 2 aromatic rings. The first-order valence-corrected chi connectivity index (χ1v) is 5.71. The highest BCUT2D eigenvalue weighted by molar-refractivity contribution is 4.75. The van der Waals surface area contributed by atoms with Crippen molar-refractivity contribution >= 4 is 0 Å². The Hall–Kier alpha value is -1.65. The van der Waals surface area contributed by atoms with E-state index in [0.29, 0.717) is 6.04 Å². The molecular formula is C11H17N5. The first kappa shape index (κ1) is 10.9. The molecule has 2 aromatic heterocycles. The SMILES string of the molecule is CCC(CCCn1ccnc1)n1ccnn1. The largest absolute Gasteiger partial charge is 0.337 e. The Morgan fingerprint density at radius 3 is 2.81 bits per heavy atom. The maximum absolute atomic E-state index is 4.05. The van der Waals surface area contributed by atoms with Crippen molar-refractivity contribution in [2.45, 2.75) is 38.8 Å². The van der Waals surface area contributed by atoms with Gasteiger partial charge in [0.2, 0.25) is 0 Å². The minimum Gasteiger partial charge on any atom is -0.337 e. The maximum Gasteiger partial charge on any atom is 0.0945 e. The number of hydrogen-bond acceptors (Lipinski definition) is 3. The van der Waals surface area contributed by atoms with Gasteiger partial charge in [0.25, 0.3) is 0 Å². The fourth-order valence-corrected chi connectivity index (χ4v) is 1.86. The van der Waals surface area contributed by atoms with Crippen LogP contribution in [0.15, 0.2) is 31.1 Å². The molecular weight excluding hydrogens is 202 g/mol. The predicted molar refractivity (Wildman–Crippen MR) is 60.8 cm³/mol. The van der Waals surface area contributed by atoms with E-state index in [1.807, 2.05) is 29.6 Å². The van der Waals surface area contributed by atoms with Gasteiger partial charge in [0.15, 0.2) is 0 Å². The van der Waals surface area contributed by atoms with Crippen molar-refractivity contribution in [3.05, 3.63) is 31.1 Å². The average molecular weight is 219 g/mol. The Balaban J connectivity index is 1.80. The lowest BCUT2D eigenvalue weighted by atomic mass is 10.1. The Morgan fingerprint density at radius 2 is 2.19 bits per heavy atom. The van der Waals surface area contributed by atoms with Crippen LogP contribution in [-0.4, -0.2) is 24.5 Å². The highest BCUT2D eigenvalue weighted by atomic mass is 15.4. The summed E-state index contributed by atoms with van der Waals surface area (Å²) in [6.07, 6.45) is 12.7. The second-order valence-electron chi connectivity index (χ2n) is 3.89. The fourth-order valence-electron chi connectivity index (χ4n) is 1.86. The van der Waals surface area contributed by atoms with Crippen LogP contribution in [-0.2, 0) is 6.54 Å². The van der Waals surface area contributed by atoms with E-state index in [2.05, 4.69) is 26.8 Å². The topological polar surface area (TPSA) is 48.5 Å². The molecule has 0 aliphatic rings. The summed E-state index contributed by atoms with van der Waals surface area (Å²) in [6, 6.07) is 0.464. The third-order valence-electron chi connectivity index (χ3n) is 2.80. The van der Waals surface area contributed by atoms with Crippen molar-refractivity contribution in [1.82, 2.24) is 24.5 Å². The molecule has 0 aliphatic carbocycles. The van der Waals surface area contributed by atoms with E-state index in [4.69, 9.17) is 0 Å². The number of aryl methyl sites for hydroxylation is 1. The summed E-state index contributed by atoms with van der Waals surface area (Å²) in [6.45, 7) is 3.20. The summed E-state index contributed by atoms with van der Waals surface area (Å²) in [5.41, 5.74) is 0. The Labute approximate surface area is 95.1 Å². The lowest BCUT2D eigenvalue weighted by Gasteiger charge is -2.14. The molecule has 5 nitrogen and oxygen atoms in total. The molecule has 0 saturated carbocycles. The van der Waals surface area contributed by atoms with Crippen LogP contribution in [0.5, 0.6) is 0 Å². The van der Waals surface area contributed by atoms with Crippen LogP contribution in [0.4, 0.5) is 0 Å². The van der Waals surface area contributed by atoms with E-state index in [9.17, 15) is 0 Å². The molecule has 2 heterocycles. The van der Waals surface area contributed by atoms with E-state index >= 15 is 0 Å². The average Bonchev–Trinajstić information content (AvgIpc) is 2.96. The number of aromatic nitrogens is 5. The van der Waals surface area contributed by atoms with Gasteiger partial charge in [0.1, 0.15) is 0 Å². The third kappa shape index (κ3) is 2.68. The van der Waals surface area contributed by atoms with Gasteiger partial charge < -0.3 is 4.57 Å². The highest BCUT2D eigenvalue weighted by Gasteiger charge is 2.08. The normalized spacial score (nSPS) is 12.8. The molecule has 0 aromatic carbocycles. The molecule has 0 fully saturated rings. The van der Waals surface area contributed by atoms with Gasteiger partial charge >= 0.3 is 0 Å².